The number of rotatable bonds is 0. The number of carbonyl (C=O) groups excluding carboxylic acids is 1. The van der Waals surface area contributed by atoms with Crippen LogP contribution in [0.1, 0.15) is 6.42 Å². The summed E-state index contributed by atoms with van der Waals surface area (Å²) in [7, 11) is 0. The van der Waals surface area contributed by atoms with E-state index in [2.05, 4.69) is 31.9 Å². The van der Waals surface area contributed by atoms with Crippen molar-refractivity contribution in [2.75, 3.05) is 13.2 Å². The zero-order chi connectivity index (χ0) is 8.55. The molecule has 2 rings (SSSR count). The Morgan fingerprint density at radius 3 is 3.08 bits per heavy atom. The van der Waals surface area contributed by atoms with Crippen molar-refractivity contribution in [2.45, 2.75) is 23.3 Å². The van der Waals surface area contributed by atoms with E-state index in [0.29, 0.717) is 11.5 Å². The van der Waals surface area contributed by atoms with Gasteiger partial charge in [0.25, 0.3) is 0 Å². The molecule has 2 heterocycles. The Hall–Kier alpha value is -0.130. The van der Waals surface area contributed by atoms with Gasteiger partial charge in [0, 0.05) is 17.4 Å². The first-order valence-electron chi connectivity index (χ1n) is 4.16. The van der Waals surface area contributed by atoms with Crippen molar-refractivity contribution < 1.29 is 4.79 Å². The molecule has 2 fully saturated rings. The lowest BCUT2D eigenvalue weighted by molar-refractivity contribution is -0.126. The number of fused-ring (bicyclic) bond motifs is 1. The number of carbonyl (C=O) groups is 1. The van der Waals surface area contributed by atoms with E-state index in [9.17, 15) is 4.79 Å². The molecule has 2 saturated heterocycles. The first kappa shape index (κ1) is 8.47. The maximum Gasteiger partial charge on any atom is 0.239 e. The second kappa shape index (κ2) is 3.32. The Bertz CT molecular complexity index is 199. The summed E-state index contributed by atoms with van der Waals surface area (Å²) in [5.74, 6) is 0.123. The largest absolute Gasteiger partial charge is 0.342 e. The van der Waals surface area contributed by atoms with Crippen LogP contribution in [0.5, 0.6) is 0 Å². The molecule has 3 N–H and O–H groups in total. The molecule has 3 unspecified atom stereocenters. The second-order valence-corrected chi connectivity index (χ2v) is 4.54. The SMILES string of the molecule is O=C1NCNC2CC(Br)CNC12. The van der Waals surface area contributed by atoms with Crippen LogP contribution in [0.15, 0.2) is 0 Å². The van der Waals surface area contributed by atoms with Crippen molar-refractivity contribution in [1.29, 1.82) is 0 Å². The predicted octanol–water partition coefficient (Wildman–Crippen LogP) is -0.843. The summed E-state index contributed by atoms with van der Waals surface area (Å²) in [6, 6.07) is 0.254. The molecule has 0 aromatic carbocycles. The van der Waals surface area contributed by atoms with E-state index in [1.807, 2.05) is 0 Å². The van der Waals surface area contributed by atoms with Gasteiger partial charge < -0.3 is 10.6 Å². The molecule has 1 amide bonds. The standard InChI is InChI=1S/C7H12BrN3O/c8-4-1-5-6(9-2-4)7(12)11-3-10-5/h4-6,9-10H,1-3H2,(H,11,12). The molecule has 2 aliphatic heterocycles. The van der Waals surface area contributed by atoms with Gasteiger partial charge in [-0.3, -0.25) is 10.1 Å². The van der Waals surface area contributed by atoms with Crippen molar-refractivity contribution >= 4 is 21.8 Å². The first-order valence-corrected chi connectivity index (χ1v) is 5.07. The summed E-state index contributed by atoms with van der Waals surface area (Å²) in [5.41, 5.74) is 0. The molecule has 0 saturated carbocycles. The van der Waals surface area contributed by atoms with Gasteiger partial charge in [0.2, 0.25) is 5.91 Å². The van der Waals surface area contributed by atoms with Crippen LogP contribution in [0.25, 0.3) is 0 Å². The van der Waals surface area contributed by atoms with Crippen molar-refractivity contribution in [3.63, 3.8) is 0 Å². The number of hydrogen-bond acceptors (Lipinski definition) is 3. The van der Waals surface area contributed by atoms with E-state index in [4.69, 9.17) is 0 Å². The van der Waals surface area contributed by atoms with Gasteiger partial charge in [-0.25, -0.2) is 0 Å². The molecule has 5 heteroatoms. The number of piperidine rings is 1. The minimum atomic E-state index is -0.0347. The minimum Gasteiger partial charge on any atom is -0.342 e. The predicted molar refractivity (Wildman–Crippen MR) is 49.1 cm³/mol. The highest BCUT2D eigenvalue weighted by molar-refractivity contribution is 9.09. The number of nitrogens with one attached hydrogen (secondary N) is 3. The molecule has 0 aliphatic carbocycles. The molecule has 0 spiro atoms. The average Bonchev–Trinajstić information content (AvgIpc) is 2.04. The van der Waals surface area contributed by atoms with Crippen LogP contribution in [-0.4, -0.2) is 36.0 Å². The third-order valence-corrected chi connectivity index (χ3v) is 3.08. The lowest BCUT2D eigenvalue weighted by atomic mass is 9.96. The maximum absolute atomic E-state index is 11.3. The molecule has 0 aromatic heterocycles. The fourth-order valence-electron chi connectivity index (χ4n) is 1.75. The number of hydrogen-bond donors (Lipinski definition) is 3. The summed E-state index contributed by atoms with van der Waals surface area (Å²) in [6.07, 6.45) is 1.02. The van der Waals surface area contributed by atoms with E-state index in [1.165, 1.54) is 0 Å². The fraction of sp³-hybridized carbons (Fsp3) is 0.857. The van der Waals surface area contributed by atoms with Crippen LogP contribution < -0.4 is 16.0 Å². The normalized spacial score (nSPS) is 41.8. The maximum atomic E-state index is 11.3. The molecule has 0 bridgehead atoms. The van der Waals surface area contributed by atoms with E-state index in [1.54, 1.807) is 0 Å². The van der Waals surface area contributed by atoms with E-state index >= 15 is 0 Å². The van der Waals surface area contributed by atoms with E-state index in [-0.39, 0.29) is 18.0 Å². The fourth-order valence-corrected chi connectivity index (χ4v) is 2.34. The van der Waals surface area contributed by atoms with Crippen molar-refractivity contribution in [1.82, 2.24) is 16.0 Å². The van der Waals surface area contributed by atoms with Gasteiger partial charge in [0.05, 0.1) is 6.67 Å². The molecular formula is C7H12BrN3O. The molecule has 4 nitrogen and oxygen atoms in total. The van der Waals surface area contributed by atoms with Gasteiger partial charge >= 0.3 is 0 Å². The van der Waals surface area contributed by atoms with Gasteiger partial charge in [0.1, 0.15) is 6.04 Å². The van der Waals surface area contributed by atoms with E-state index < -0.39 is 0 Å². The lowest BCUT2D eigenvalue weighted by Gasteiger charge is -2.38. The molecule has 68 valence electrons. The van der Waals surface area contributed by atoms with Crippen LogP contribution in [0.4, 0.5) is 0 Å². The van der Waals surface area contributed by atoms with Crippen molar-refractivity contribution in [3.8, 4) is 0 Å². The summed E-state index contributed by atoms with van der Waals surface area (Å²) < 4.78 is 0. The number of amides is 1. The molecule has 12 heavy (non-hydrogen) atoms. The lowest BCUT2D eigenvalue weighted by Crippen LogP contribution is -2.67. The number of alkyl halides is 1. The molecule has 2 aliphatic rings. The summed E-state index contributed by atoms with van der Waals surface area (Å²) >= 11 is 3.54. The smallest absolute Gasteiger partial charge is 0.239 e. The van der Waals surface area contributed by atoms with Gasteiger partial charge in [-0.1, -0.05) is 15.9 Å². The monoisotopic (exact) mass is 233 g/mol. The van der Waals surface area contributed by atoms with Crippen molar-refractivity contribution in [2.24, 2.45) is 0 Å². The average molecular weight is 234 g/mol. The highest BCUT2D eigenvalue weighted by atomic mass is 79.9. The van der Waals surface area contributed by atoms with Gasteiger partial charge in [-0.15, -0.1) is 0 Å². The zero-order valence-corrected chi connectivity index (χ0v) is 8.23. The molecule has 0 aromatic rings. The Labute approximate surface area is 79.6 Å². The zero-order valence-electron chi connectivity index (χ0n) is 6.64. The van der Waals surface area contributed by atoms with Gasteiger partial charge in [-0.2, -0.15) is 0 Å². The summed E-state index contributed by atoms with van der Waals surface area (Å²) in [4.78, 5) is 11.8. The molecule has 0 radical (unpaired) electrons. The molecule has 3 atom stereocenters. The van der Waals surface area contributed by atoms with Gasteiger partial charge in [-0.05, 0) is 6.42 Å². The third kappa shape index (κ3) is 1.48. The third-order valence-electron chi connectivity index (χ3n) is 2.38. The van der Waals surface area contributed by atoms with Crippen LogP contribution >= 0.6 is 15.9 Å². The van der Waals surface area contributed by atoms with Crippen LogP contribution in [0, 0.1) is 0 Å². The van der Waals surface area contributed by atoms with Crippen LogP contribution in [-0.2, 0) is 4.79 Å². The Morgan fingerprint density at radius 2 is 2.25 bits per heavy atom. The summed E-state index contributed by atoms with van der Waals surface area (Å²) in [5, 5.41) is 9.22. The quantitative estimate of drug-likeness (QED) is 0.479. The minimum absolute atomic E-state index is 0.0347. The van der Waals surface area contributed by atoms with Crippen LogP contribution in [0.3, 0.4) is 0 Å². The highest BCUT2D eigenvalue weighted by Crippen LogP contribution is 2.16. The summed E-state index contributed by atoms with van der Waals surface area (Å²) in [6.45, 7) is 1.47. The highest BCUT2D eigenvalue weighted by Gasteiger charge is 2.35. The Balaban J connectivity index is 2.04. The Kier molecular flexibility index (Phi) is 2.34. The Morgan fingerprint density at radius 1 is 1.42 bits per heavy atom. The topological polar surface area (TPSA) is 53.2 Å². The first-order chi connectivity index (χ1) is 5.77. The van der Waals surface area contributed by atoms with Crippen molar-refractivity contribution in [3.05, 3.63) is 0 Å². The van der Waals surface area contributed by atoms with Crippen LogP contribution in [0.2, 0.25) is 0 Å². The second-order valence-electron chi connectivity index (χ2n) is 3.25. The van der Waals surface area contributed by atoms with Gasteiger partial charge in [0.15, 0.2) is 0 Å². The molecular weight excluding hydrogens is 222 g/mol. The number of halogens is 1. The van der Waals surface area contributed by atoms with E-state index in [0.717, 1.165) is 13.0 Å².